The van der Waals surface area contributed by atoms with Crippen LogP contribution in [-0.4, -0.2) is 23.6 Å². The van der Waals surface area contributed by atoms with Crippen molar-refractivity contribution in [1.29, 1.82) is 0 Å². The smallest absolute Gasteiger partial charge is 0.191 e. The van der Waals surface area contributed by atoms with E-state index in [2.05, 4.69) is 0 Å². The van der Waals surface area contributed by atoms with Gasteiger partial charge in [-0.1, -0.05) is 12.1 Å². The van der Waals surface area contributed by atoms with Gasteiger partial charge in [0.05, 0.1) is 6.61 Å². The van der Waals surface area contributed by atoms with Crippen molar-refractivity contribution in [1.82, 2.24) is 0 Å². The average Bonchev–Trinajstić information content (AvgIpc) is 2.17. The second-order valence-electron chi connectivity index (χ2n) is 3.00. The summed E-state index contributed by atoms with van der Waals surface area (Å²) in [6, 6.07) is 6.82. The molecule has 0 saturated carbocycles. The molecule has 76 valence electrons. The number of aliphatic hydroxyl groups is 1. The first kappa shape index (κ1) is 10.7. The van der Waals surface area contributed by atoms with E-state index in [-0.39, 0.29) is 5.78 Å². The molecule has 3 heteroatoms. The van der Waals surface area contributed by atoms with Gasteiger partial charge < -0.3 is 9.84 Å². The fourth-order valence-electron chi connectivity index (χ4n) is 1.15. The second kappa shape index (κ2) is 4.77. The number of hydrogen-bond donors (Lipinski definition) is 1. The number of rotatable bonds is 4. The predicted molar refractivity (Wildman–Crippen MR) is 53.6 cm³/mol. The van der Waals surface area contributed by atoms with Crippen molar-refractivity contribution >= 4 is 5.78 Å². The Morgan fingerprint density at radius 3 is 2.86 bits per heavy atom. The zero-order valence-electron chi connectivity index (χ0n) is 8.36. The maximum atomic E-state index is 11.4. The summed E-state index contributed by atoms with van der Waals surface area (Å²) in [6.45, 7) is 3.89. The van der Waals surface area contributed by atoms with Crippen molar-refractivity contribution in [2.75, 3.05) is 6.61 Å². The largest absolute Gasteiger partial charge is 0.494 e. The first-order valence-corrected chi connectivity index (χ1v) is 4.60. The van der Waals surface area contributed by atoms with E-state index < -0.39 is 6.10 Å². The molecule has 0 amide bonds. The zero-order valence-corrected chi connectivity index (χ0v) is 8.36. The summed E-state index contributed by atoms with van der Waals surface area (Å²) in [6.07, 6.45) is -0.966. The van der Waals surface area contributed by atoms with Crippen molar-refractivity contribution in [3.05, 3.63) is 29.8 Å². The van der Waals surface area contributed by atoms with Gasteiger partial charge in [-0.25, -0.2) is 0 Å². The van der Waals surface area contributed by atoms with Crippen LogP contribution in [-0.2, 0) is 0 Å². The maximum absolute atomic E-state index is 11.4. The third-order valence-electron chi connectivity index (χ3n) is 1.81. The van der Waals surface area contributed by atoms with Crippen LogP contribution in [0.5, 0.6) is 5.75 Å². The van der Waals surface area contributed by atoms with Gasteiger partial charge in [-0.05, 0) is 26.0 Å². The lowest BCUT2D eigenvalue weighted by Gasteiger charge is -2.06. The van der Waals surface area contributed by atoms with Crippen LogP contribution < -0.4 is 4.74 Å². The monoisotopic (exact) mass is 194 g/mol. The molecule has 0 unspecified atom stereocenters. The predicted octanol–water partition coefficient (Wildman–Crippen LogP) is 1.65. The summed E-state index contributed by atoms with van der Waals surface area (Å²) in [7, 11) is 0. The molecule has 0 saturated heterocycles. The molecule has 1 aromatic rings. The third-order valence-corrected chi connectivity index (χ3v) is 1.81. The first-order valence-electron chi connectivity index (χ1n) is 4.60. The highest BCUT2D eigenvalue weighted by Crippen LogP contribution is 2.14. The van der Waals surface area contributed by atoms with E-state index >= 15 is 0 Å². The number of carbonyl (C=O) groups excluding carboxylic acids is 1. The quantitative estimate of drug-likeness (QED) is 0.741. The van der Waals surface area contributed by atoms with E-state index in [0.29, 0.717) is 17.9 Å². The van der Waals surface area contributed by atoms with Gasteiger partial charge in [0.2, 0.25) is 0 Å². The molecular formula is C11H14O3. The van der Waals surface area contributed by atoms with Crippen LogP contribution in [0.1, 0.15) is 24.2 Å². The topological polar surface area (TPSA) is 46.5 Å². The number of ketones is 1. The number of ether oxygens (including phenoxy) is 1. The molecule has 1 aromatic carbocycles. The highest BCUT2D eigenvalue weighted by molar-refractivity contribution is 5.99. The molecular weight excluding hydrogens is 180 g/mol. The van der Waals surface area contributed by atoms with E-state index in [9.17, 15) is 4.79 Å². The minimum absolute atomic E-state index is 0.286. The first-order chi connectivity index (χ1) is 6.65. The molecule has 1 rings (SSSR count). The fraction of sp³-hybridized carbons (Fsp3) is 0.364. The molecule has 0 spiro atoms. The molecule has 0 aromatic heterocycles. The van der Waals surface area contributed by atoms with Crippen LogP contribution in [0.3, 0.4) is 0 Å². The van der Waals surface area contributed by atoms with Gasteiger partial charge in [-0.2, -0.15) is 0 Å². The Bertz CT molecular complexity index is 318. The highest BCUT2D eigenvalue weighted by atomic mass is 16.5. The standard InChI is InChI=1S/C11H14O3/c1-3-14-10-6-4-5-9(7-10)11(13)8(2)12/h4-8,12H,3H2,1-2H3/t8-/m0/s1. The van der Waals surface area contributed by atoms with Gasteiger partial charge >= 0.3 is 0 Å². The van der Waals surface area contributed by atoms with Crippen LogP contribution in [0.15, 0.2) is 24.3 Å². The van der Waals surface area contributed by atoms with Crippen LogP contribution in [0.2, 0.25) is 0 Å². The number of hydrogen-bond acceptors (Lipinski definition) is 3. The summed E-state index contributed by atoms with van der Waals surface area (Å²) in [5, 5.41) is 9.10. The molecule has 0 aliphatic heterocycles. The van der Waals surface area contributed by atoms with Crippen LogP contribution in [0.25, 0.3) is 0 Å². The van der Waals surface area contributed by atoms with Gasteiger partial charge in [-0.15, -0.1) is 0 Å². The lowest BCUT2D eigenvalue weighted by molar-refractivity contribution is 0.0779. The molecule has 14 heavy (non-hydrogen) atoms. The van der Waals surface area contributed by atoms with Crippen molar-refractivity contribution < 1.29 is 14.6 Å². The minimum atomic E-state index is -0.966. The highest BCUT2D eigenvalue weighted by Gasteiger charge is 2.11. The van der Waals surface area contributed by atoms with Gasteiger partial charge in [0.25, 0.3) is 0 Å². The normalized spacial score (nSPS) is 12.2. The summed E-state index contributed by atoms with van der Waals surface area (Å²) < 4.78 is 5.24. The lowest BCUT2D eigenvalue weighted by atomic mass is 10.1. The summed E-state index contributed by atoms with van der Waals surface area (Å²) in [5.74, 6) is 0.366. The molecule has 0 heterocycles. The van der Waals surface area contributed by atoms with Crippen LogP contribution >= 0.6 is 0 Å². The van der Waals surface area contributed by atoms with Gasteiger partial charge in [0.15, 0.2) is 5.78 Å². The summed E-state index contributed by atoms with van der Waals surface area (Å²) in [4.78, 5) is 11.4. The molecule has 0 aliphatic rings. The Morgan fingerprint density at radius 1 is 1.57 bits per heavy atom. The number of Topliss-reactive ketones (excluding diaryl/α,β-unsaturated/α-hetero) is 1. The summed E-state index contributed by atoms with van der Waals surface area (Å²) in [5.41, 5.74) is 0.478. The number of benzene rings is 1. The van der Waals surface area contributed by atoms with E-state index in [1.165, 1.54) is 6.92 Å². The van der Waals surface area contributed by atoms with Gasteiger partial charge in [0, 0.05) is 5.56 Å². The van der Waals surface area contributed by atoms with Crippen molar-refractivity contribution in [2.24, 2.45) is 0 Å². The maximum Gasteiger partial charge on any atom is 0.191 e. The van der Waals surface area contributed by atoms with Crippen LogP contribution in [0, 0.1) is 0 Å². The molecule has 0 fully saturated rings. The van der Waals surface area contributed by atoms with Crippen molar-refractivity contribution in [2.45, 2.75) is 20.0 Å². The van der Waals surface area contributed by atoms with Crippen LogP contribution in [0.4, 0.5) is 0 Å². The zero-order chi connectivity index (χ0) is 10.6. The lowest BCUT2D eigenvalue weighted by Crippen LogP contribution is -2.15. The molecule has 1 atom stereocenters. The van der Waals surface area contributed by atoms with E-state index in [0.717, 1.165) is 0 Å². The molecule has 0 aliphatic carbocycles. The Hall–Kier alpha value is -1.35. The summed E-state index contributed by atoms with van der Waals surface area (Å²) >= 11 is 0. The second-order valence-corrected chi connectivity index (χ2v) is 3.00. The average molecular weight is 194 g/mol. The van der Waals surface area contributed by atoms with Crippen molar-refractivity contribution in [3.63, 3.8) is 0 Å². The fourth-order valence-corrected chi connectivity index (χ4v) is 1.15. The number of aliphatic hydroxyl groups excluding tert-OH is 1. The number of carbonyl (C=O) groups is 1. The Kier molecular flexibility index (Phi) is 3.65. The third kappa shape index (κ3) is 2.57. The SMILES string of the molecule is CCOc1cccc(C(=O)[C@H](C)O)c1. The van der Waals surface area contributed by atoms with Gasteiger partial charge in [0.1, 0.15) is 11.9 Å². The molecule has 0 bridgehead atoms. The van der Waals surface area contributed by atoms with E-state index in [1.807, 2.05) is 6.92 Å². The minimum Gasteiger partial charge on any atom is -0.494 e. The molecule has 1 N–H and O–H groups in total. The van der Waals surface area contributed by atoms with Gasteiger partial charge in [-0.3, -0.25) is 4.79 Å². The molecule has 0 radical (unpaired) electrons. The molecule has 3 nitrogen and oxygen atoms in total. The Morgan fingerprint density at radius 2 is 2.29 bits per heavy atom. The van der Waals surface area contributed by atoms with Crippen molar-refractivity contribution in [3.8, 4) is 5.75 Å². The Labute approximate surface area is 83.3 Å². The van der Waals surface area contributed by atoms with E-state index in [1.54, 1.807) is 24.3 Å². The Balaban J connectivity index is 2.88. The van der Waals surface area contributed by atoms with E-state index in [4.69, 9.17) is 9.84 Å².